The highest BCUT2D eigenvalue weighted by Crippen LogP contribution is 2.12. The van der Waals surface area contributed by atoms with E-state index in [1.807, 2.05) is 0 Å². The normalized spacial score (nSPS) is 12.4. The van der Waals surface area contributed by atoms with Gasteiger partial charge in [-0.15, -0.1) is 0 Å². The van der Waals surface area contributed by atoms with E-state index < -0.39 is 18.0 Å². The number of rotatable bonds is 10. The Morgan fingerprint density at radius 2 is 1.61 bits per heavy atom. The van der Waals surface area contributed by atoms with Gasteiger partial charge in [-0.25, -0.2) is 4.79 Å². The number of unbranched alkanes of at least 4 members (excludes halogenated alkanes) is 5. The fourth-order valence-corrected chi connectivity index (χ4v) is 1.62. The highest BCUT2D eigenvalue weighted by atomic mass is 16.6. The van der Waals surface area contributed by atoms with Crippen LogP contribution >= 0.6 is 0 Å². The zero-order valence-corrected chi connectivity index (χ0v) is 11.8. The topological polar surface area (TPSA) is 63.6 Å². The number of ether oxygens (including phenoxy) is 1. The highest BCUT2D eigenvalue weighted by molar-refractivity contribution is 5.78. The maximum atomic E-state index is 11.3. The number of esters is 1. The molecule has 0 aliphatic carbocycles. The van der Waals surface area contributed by atoms with Gasteiger partial charge in [-0.2, -0.15) is 0 Å². The molecule has 0 aromatic heterocycles. The summed E-state index contributed by atoms with van der Waals surface area (Å²) in [6.45, 7) is 5.56. The molecule has 4 heteroatoms. The van der Waals surface area contributed by atoms with Crippen molar-refractivity contribution in [2.45, 2.75) is 71.8 Å². The molecule has 0 bridgehead atoms. The lowest BCUT2D eigenvalue weighted by molar-refractivity contribution is -0.166. The maximum Gasteiger partial charge on any atom is 0.345 e. The first-order valence-electron chi connectivity index (χ1n) is 6.92. The molecule has 0 heterocycles. The highest BCUT2D eigenvalue weighted by Gasteiger charge is 2.22. The van der Waals surface area contributed by atoms with Crippen molar-refractivity contribution < 1.29 is 19.4 Å². The number of carboxylic acids is 1. The van der Waals surface area contributed by atoms with Crippen LogP contribution in [-0.4, -0.2) is 23.1 Å². The van der Waals surface area contributed by atoms with Gasteiger partial charge in [0.05, 0.1) is 5.92 Å². The second-order valence-corrected chi connectivity index (χ2v) is 4.97. The van der Waals surface area contributed by atoms with Gasteiger partial charge in [0.1, 0.15) is 0 Å². The quantitative estimate of drug-likeness (QED) is 0.482. The van der Waals surface area contributed by atoms with Gasteiger partial charge in [0.25, 0.3) is 0 Å². The molecule has 0 saturated carbocycles. The van der Waals surface area contributed by atoms with E-state index in [0.717, 1.165) is 19.3 Å². The second-order valence-electron chi connectivity index (χ2n) is 4.97. The zero-order valence-electron chi connectivity index (χ0n) is 11.8. The Kier molecular flexibility index (Phi) is 9.33. The molecule has 0 aromatic carbocycles. The SMILES string of the molecule is CCCCCCCCC(OC(=O)C(C)C)C(=O)O. The van der Waals surface area contributed by atoms with Gasteiger partial charge in [-0.05, 0) is 12.8 Å². The Labute approximate surface area is 110 Å². The van der Waals surface area contributed by atoms with Crippen molar-refractivity contribution >= 4 is 11.9 Å². The molecule has 1 atom stereocenters. The third kappa shape index (κ3) is 8.09. The molecule has 0 amide bonds. The zero-order chi connectivity index (χ0) is 14.0. The minimum Gasteiger partial charge on any atom is -0.479 e. The summed E-state index contributed by atoms with van der Waals surface area (Å²) in [7, 11) is 0. The molecule has 106 valence electrons. The van der Waals surface area contributed by atoms with E-state index in [1.54, 1.807) is 13.8 Å². The third-order valence-electron chi connectivity index (χ3n) is 2.83. The lowest BCUT2D eigenvalue weighted by Crippen LogP contribution is -2.28. The first-order valence-corrected chi connectivity index (χ1v) is 6.92. The molecule has 0 rings (SSSR count). The summed E-state index contributed by atoms with van der Waals surface area (Å²) in [5, 5.41) is 8.97. The first-order chi connectivity index (χ1) is 8.49. The molecule has 4 nitrogen and oxygen atoms in total. The van der Waals surface area contributed by atoms with Gasteiger partial charge in [0.2, 0.25) is 0 Å². The van der Waals surface area contributed by atoms with Crippen LogP contribution in [0.3, 0.4) is 0 Å². The van der Waals surface area contributed by atoms with Crippen molar-refractivity contribution in [2.24, 2.45) is 5.92 Å². The van der Waals surface area contributed by atoms with Crippen molar-refractivity contribution in [2.75, 3.05) is 0 Å². The lowest BCUT2D eigenvalue weighted by atomic mass is 10.1. The Hall–Kier alpha value is -1.06. The summed E-state index contributed by atoms with van der Waals surface area (Å²) in [6.07, 6.45) is 5.98. The number of carbonyl (C=O) groups excluding carboxylic acids is 1. The van der Waals surface area contributed by atoms with Crippen LogP contribution in [0.5, 0.6) is 0 Å². The predicted octanol–water partition coefficient (Wildman–Crippen LogP) is 3.39. The number of aliphatic carboxylic acids is 1. The van der Waals surface area contributed by atoms with E-state index in [9.17, 15) is 9.59 Å². The van der Waals surface area contributed by atoms with Crippen LogP contribution in [0.4, 0.5) is 0 Å². The van der Waals surface area contributed by atoms with Gasteiger partial charge < -0.3 is 9.84 Å². The summed E-state index contributed by atoms with van der Waals surface area (Å²) < 4.78 is 4.96. The molecule has 18 heavy (non-hydrogen) atoms. The van der Waals surface area contributed by atoms with Crippen LogP contribution in [-0.2, 0) is 14.3 Å². The van der Waals surface area contributed by atoms with Gasteiger partial charge in [-0.3, -0.25) is 4.79 Å². The Morgan fingerprint density at radius 3 is 2.11 bits per heavy atom. The summed E-state index contributed by atoms with van der Waals surface area (Å²) >= 11 is 0. The molecule has 0 aromatic rings. The Balaban J connectivity index is 3.84. The minimum absolute atomic E-state index is 0.281. The van der Waals surface area contributed by atoms with Gasteiger partial charge in [-0.1, -0.05) is 52.9 Å². The lowest BCUT2D eigenvalue weighted by Gasteiger charge is -2.15. The van der Waals surface area contributed by atoms with Crippen molar-refractivity contribution in [1.82, 2.24) is 0 Å². The Morgan fingerprint density at radius 1 is 1.06 bits per heavy atom. The van der Waals surface area contributed by atoms with Crippen LogP contribution in [0.2, 0.25) is 0 Å². The van der Waals surface area contributed by atoms with Crippen molar-refractivity contribution in [3.05, 3.63) is 0 Å². The minimum atomic E-state index is -1.04. The standard InChI is InChI=1S/C14H26O4/c1-4-5-6-7-8-9-10-12(13(15)16)18-14(17)11(2)3/h11-12H,4-10H2,1-3H3,(H,15,16). The number of hydrogen-bond donors (Lipinski definition) is 1. The van der Waals surface area contributed by atoms with Crippen LogP contribution < -0.4 is 0 Å². The average molecular weight is 258 g/mol. The van der Waals surface area contributed by atoms with E-state index in [4.69, 9.17) is 9.84 Å². The van der Waals surface area contributed by atoms with Crippen LogP contribution in [0, 0.1) is 5.92 Å². The molecule has 0 saturated heterocycles. The fraction of sp³-hybridized carbons (Fsp3) is 0.857. The molecule has 0 aliphatic rings. The smallest absolute Gasteiger partial charge is 0.345 e. The fourth-order valence-electron chi connectivity index (χ4n) is 1.62. The summed E-state index contributed by atoms with van der Waals surface area (Å²) in [6, 6.07) is 0. The summed E-state index contributed by atoms with van der Waals surface area (Å²) in [5.41, 5.74) is 0. The average Bonchev–Trinajstić information content (AvgIpc) is 2.31. The van der Waals surface area contributed by atoms with E-state index >= 15 is 0 Å². The molecular weight excluding hydrogens is 232 g/mol. The predicted molar refractivity (Wildman–Crippen MR) is 70.3 cm³/mol. The third-order valence-corrected chi connectivity index (χ3v) is 2.83. The molecule has 1 unspecified atom stereocenters. The molecule has 0 radical (unpaired) electrons. The number of carboxylic acid groups (broad SMARTS) is 1. The van der Waals surface area contributed by atoms with Crippen LogP contribution in [0.1, 0.15) is 65.7 Å². The number of hydrogen-bond acceptors (Lipinski definition) is 3. The van der Waals surface area contributed by atoms with Crippen molar-refractivity contribution in [3.8, 4) is 0 Å². The van der Waals surface area contributed by atoms with E-state index in [0.29, 0.717) is 6.42 Å². The van der Waals surface area contributed by atoms with Crippen LogP contribution in [0.15, 0.2) is 0 Å². The molecule has 0 fully saturated rings. The first kappa shape index (κ1) is 16.9. The van der Waals surface area contributed by atoms with Gasteiger partial charge >= 0.3 is 11.9 Å². The van der Waals surface area contributed by atoms with E-state index in [-0.39, 0.29) is 5.92 Å². The van der Waals surface area contributed by atoms with Crippen molar-refractivity contribution in [1.29, 1.82) is 0 Å². The molecule has 0 spiro atoms. The molecular formula is C14H26O4. The Bertz CT molecular complexity index is 248. The largest absolute Gasteiger partial charge is 0.479 e. The number of carbonyl (C=O) groups is 2. The van der Waals surface area contributed by atoms with Crippen LogP contribution in [0.25, 0.3) is 0 Å². The summed E-state index contributed by atoms with van der Waals surface area (Å²) in [4.78, 5) is 22.3. The van der Waals surface area contributed by atoms with Crippen molar-refractivity contribution in [3.63, 3.8) is 0 Å². The van der Waals surface area contributed by atoms with E-state index in [1.165, 1.54) is 19.3 Å². The van der Waals surface area contributed by atoms with Gasteiger partial charge in [0, 0.05) is 0 Å². The monoisotopic (exact) mass is 258 g/mol. The summed E-state index contributed by atoms with van der Waals surface area (Å²) in [5.74, 6) is -1.76. The maximum absolute atomic E-state index is 11.3. The second kappa shape index (κ2) is 9.92. The van der Waals surface area contributed by atoms with E-state index in [2.05, 4.69) is 6.92 Å². The molecule has 1 N–H and O–H groups in total. The molecule has 0 aliphatic heterocycles. The van der Waals surface area contributed by atoms with Gasteiger partial charge in [0.15, 0.2) is 6.10 Å².